The number of hydrogen-bond acceptors (Lipinski definition) is 6. The second kappa shape index (κ2) is 13.6. The fourth-order valence-electron chi connectivity index (χ4n) is 3.57. The molecule has 4 aromatic rings. The summed E-state index contributed by atoms with van der Waals surface area (Å²) < 4.78 is 22.6. The highest BCUT2D eigenvalue weighted by molar-refractivity contribution is 6.35. The van der Waals surface area contributed by atoms with Crippen LogP contribution in [0.3, 0.4) is 0 Å². The van der Waals surface area contributed by atoms with Crippen molar-refractivity contribution < 1.29 is 23.7 Å². The van der Waals surface area contributed by atoms with Crippen LogP contribution in [0.2, 0.25) is 10.0 Å². The number of carbonyl (C=O) groups is 1. The smallest absolute Gasteiger partial charge is 0.271 e. The summed E-state index contributed by atoms with van der Waals surface area (Å²) in [5.74, 6) is 1.63. The van der Waals surface area contributed by atoms with E-state index in [1.807, 2.05) is 36.4 Å². The Balaban J connectivity index is 1.36. The van der Waals surface area contributed by atoms with Gasteiger partial charge in [0.25, 0.3) is 5.91 Å². The summed E-state index contributed by atoms with van der Waals surface area (Å²) in [6.07, 6.45) is 1.51. The predicted molar refractivity (Wildman–Crippen MR) is 153 cm³/mol. The van der Waals surface area contributed by atoms with Crippen LogP contribution in [0.1, 0.15) is 27.0 Å². The maximum Gasteiger partial charge on any atom is 0.271 e. The number of halogens is 2. The molecule has 9 heteroatoms. The zero-order valence-corrected chi connectivity index (χ0v) is 22.8. The molecular weight excluding hydrogens is 539 g/mol. The van der Waals surface area contributed by atoms with Crippen LogP contribution in [-0.2, 0) is 13.2 Å². The zero-order chi connectivity index (χ0) is 27.6. The van der Waals surface area contributed by atoms with E-state index in [0.29, 0.717) is 50.8 Å². The molecular formula is C30H26Cl2N2O5. The van der Waals surface area contributed by atoms with E-state index in [1.165, 1.54) is 13.3 Å². The lowest BCUT2D eigenvalue weighted by atomic mass is 10.2. The van der Waals surface area contributed by atoms with Crippen LogP contribution in [0.5, 0.6) is 23.0 Å². The Morgan fingerprint density at radius 2 is 1.49 bits per heavy atom. The van der Waals surface area contributed by atoms with Gasteiger partial charge in [-0.05, 0) is 59.7 Å². The first-order valence-electron chi connectivity index (χ1n) is 11.9. The summed E-state index contributed by atoms with van der Waals surface area (Å²) in [6.45, 7) is 0.630. The molecule has 0 aliphatic heterocycles. The Labute approximate surface area is 236 Å². The van der Waals surface area contributed by atoms with Crippen molar-refractivity contribution in [2.45, 2.75) is 13.2 Å². The molecule has 0 radical (unpaired) electrons. The van der Waals surface area contributed by atoms with Crippen molar-refractivity contribution in [1.82, 2.24) is 5.43 Å². The third kappa shape index (κ3) is 7.66. The van der Waals surface area contributed by atoms with E-state index in [1.54, 1.807) is 55.6 Å². The molecule has 0 heterocycles. The van der Waals surface area contributed by atoms with Gasteiger partial charge >= 0.3 is 0 Å². The Kier molecular flexibility index (Phi) is 9.67. The average molecular weight is 565 g/mol. The van der Waals surface area contributed by atoms with Gasteiger partial charge in [-0.3, -0.25) is 4.79 Å². The van der Waals surface area contributed by atoms with Gasteiger partial charge in [-0.25, -0.2) is 5.43 Å². The van der Waals surface area contributed by atoms with Crippen molar-refractivity contribution in [2.75, 3.05) is 14.2 Å². The van der Waals surface area contributed by atoms with Crippen LogP contribution in [-0.4, -0.2) is 26.3 Å². The standard InChI is InChI=1S/C30H26Cl2N2O5/c1-36-28-14-21(8-12-26(28)39-19-23-9-11-24(31)16-25(23)32)17-33-34-30(35)22-10-13-27(29(15-22)37-2)38-18-20-6-4-3-5-7-20/h3-17H,18-19H2,1-2H3,(H,34,35)/b33-17+. The van der Waals surface area contributed by atoms with Crippen LogP contribution in [0.15, 0.2) is 90.0 Å². The van der Waals surface area contributed by atoms with Crippen molar-refractivity contribution in [1.29, 1.82) is 0 Å². The number of amides is 1. The van der Waals surface area contributed by atoms with E-state index in [2.05, 4.69) is 10.5 Å². The fraction of sp³-hybridized carbons (Fsp3) is 0.133. The summed E-state index contributed by atoms with van der Waals surface area (Å²) >= 11 is 12.2. The Morgan fingerprint density at radius 1 is 0.795 bits per heavy atom. The van der Waals surface area contributed by atoms with E-state index in [-0.39, 0.29) is 6.61 Å². The molecule has 4 aromatic carbocycles. The van der Waals surface area contributed by atoms with Gasteiger partial charge < -0.3 is 18.9 Å². The lowest BCUT2D eigenvalue weighted by Crippen LogP contribution is -2.17. The van der Waals surface area contributed by atoms with Crippen LogP contribution in [0.25, 0.3) is 0 Å². The maximum absolute atomic E-state index is 12.7. The van der Waals surface area contributed by atoms with Crippen LogP contribution in [0, 0.1) is 0 Å². The van der Waals surface area contributed by atoms with Crippen molar-refractivity contribution >= 4 is 35.3 Å². The number of hydrogen-bond donors (Lipinski definition) is 1. The Hall–Kier alpha value is -4.20. The highest BCUT2D eigenvalue weighted by atomic mass is 35.5. The van der Waals surface area contributed by atoms with E-state index >= 15 is 0 Å². The summed E-state index contributed by atoms with van der Waals surface area (Å²) in [5, 5.41) is 5.15. The van der Waals surface area contributed by atoms with Crippen molar-refractivity contribution in [3.63, 3.8) is 0 Å². The molecule has 200 valence electrons. The largest absolute Gasteiger partial charge is 0.493 e. The highest BCUT2D eigenvalue weighted by Crippen LogP contribution is 2.30. The molecule has 0 bridgehead atoms. The summed E-state index contributed by atoms with van der Waals surface area (Å²) in [7, 11) is 3.07. The first kappa shape index (κ1) is 27.8. The molecule has 0 spiro atoms. The predicted octanol–water partition coefficient (Wildman–Crippen LogP) is 6.93. The molecule has 1 N–H and O–H groups in total. The van der Waals surface area contributed by atoms with E-state index in [4.69, 9.17) is 42.1 Å². The minimum Gasteiger partial charge on any atom is -0.493 e. The van der Waals surface area contributed by atoms with Gasteiger partial charge in [-0.1, -0.05) is 59.6 Å². The van der Waals surface area contributed by atoms with Crippen LogP contribution in [0.4, 0.5) is 0 Å². The van der Waals surface area contributed by atoms with Gasteiger partial charge in [0.05, 0.1) is 20.4 Å². The number of nitrogens with zero attached hydrogens (tertiary/aromatic N) is 1. The minimum absolute atomic E-state index is 0.245. The van der Waals surface area contributed by atoms with E-state index in [0.717, 1.165) is 11.1 Å². The normalized spacial score (nSPS) is 10.8. The summed E-state index contributed by atoms with van der Waals surface area (Å²) in [4.78, 5) is 12.7. The molecule has 1 amide bonds. The topological polar surface area (TPSA) is 78.4 Å². The summed E-state index contributed by atoms with van der Waals surface area (Å²) in [6, 6.07) is 25.2. The van der Waals surface area contributed by atoms with Gasteiger partial charge in [0, 0.05) is 21.2 Å². The fourth-order valence-corrected chi connectivity index (χ4v) is 4.03. The highest BCUT2D eigenvalue weighted by Gasteiger charge is 2.12. The molecule has 0 saturated heterocycles. The molecule has 0 atom stereocenters. The molecule has 0 fully saturated rings. The molecule has 0 unspecified atom stereocenters. The number of carbonyl (C=O) groups excluding carboxylic acids is 1. The van der Waals surface area contributed by atoms with Crippen LogP contribution >= 0.6 is 23.2 Å². The monoisotopic (exact) mass is 564 g/mol. The molecule has 0 saturated carbocycles. The number of hydrazone groups is 1. The molecule has 0 aromatic heterocycles. The Morgan fingerprint density at radius 3 is 2.21 bits per heavy atom. The third-order valence-corrected chi connectivity index (χ3v) is 6.22. The quantitative estimate of drug-likeness (QED) is 0.158. The van der Waals surface area contributed by atoms with Crippen molar-refractivity contribution in [3.05, 3.63) is 117 Å². The maximum atomic E-state index is 12.7. The van der Waals surface area contributed by atoms with Gasteiger partial charge in [0.15, 0.2) is 23.0 Å². The molecule has 39 heavy (non-hydrogen) atoms. The first-order chi connectivity index (χ1) is 19.0. The number of nitrogens with one attached hydrogen (secondary N) is 1. The molecule has 4 rings (SSSR count). The summed E-state index contributed by atoms with van der Waals surface area (Å²) in [5.41, 5.74) is 5.42. The molecule has 0 aliphatic rings. The molecule has 0 aliphatic carbocycles. The van der Waals surface area contributed by atoms with Gasteiger partial charge in [0.2, 0.25) is 0 Å². The number of ether oxygens (including phenoxy) is 4. The van der Waals surface area contributed by atoms with Gasteiger partial charge in [-0.15, -0.1) is 0 Å². The third-order valence-electron chi connectivity index (χ3n) is 5.63. The van der Waals surface area contributed by atoms with Gasteiger partial charge in [-0.2, -0.15) is 5.10 Å². The number of benzene rings is 4. The molecule has 7 nitrogen and oxygen atoms in total. The van der Waals surface area contributed by atoms with E-state index < -0.39 is 5.91 Å². The number of rotatable bonds is 11. The first-order valence-corrected chi connectivity index (χ1v) is 12.7. The van der Waals surface area contributed by atoms with Crippen molar-refractivity contribution in [2.24, 2.45) is 5.10 Å². The number of methoxy groups -OCH3 is 2. The lowest BCUT2D eigenvalue weighted by Gasteiger charge is -2.12. The average Bonchev–Trinajstić information content (AvgIpc) is 2.96. The zero-order valence-electron chi connectivity index (χ0n) is 21.3. The second-order valence-corrected chi connectivity index (χ2v) is 9.12. The van der Waals surface area contributed by atoms with Crippen LogP contribution < -0.4 is 24.4 Å². The SMILES string of the molecule is COc1cc(C(=O)N/N=C/c2ccc(OCc3ccc(Cl)cc3Cl)c(OC)c2)ccc1OCc1ccccc1. The second-order valence-electron chi connectivity index (χ2n) is 8.27. The van der Waals surface area contributed by atoms with E-state index in [9.17, 15) is 4.79 Å². The Bertz CT molecular complexity index is 1460. The van der Waals surface area contributed by atoms with Gasteiger partial charge in [0.1, 0.15) is 13.2 Å². The minimum atomic E-state index is -0.397. The lowest BCUT2D eigenvalue weighted by molar-refractivity contribution is 0.0954. The van der Waals surface area contributed by atoms with Crippen molar-refractivity contribution in [3.8, 4) is 23.0 Å².